The van der Waals surface area contributed by atoms with E-state index in [2.05, 4.69) is 10.1 Å². The van der Waals surface area contributed by atoms with Gasteiger partial charge in [-0.1, -0.05) is 0 Å². The average molecular weight is 235 g/mol. The molecule has 1 N–H and O–H groups in total. The molecule has 0 amide bonds. The molecule has 3 heteroatoms. The van der Waals surface area contributed by atoms with Crippen molar-refractivity contribution >= 4 is 5.97 Å². The molecule has 0 aromatic rings. The lowest BCUT2D eigenvalue weighted by atomic mass is 9.53. The number of rotatable bonds is 3. The van der Waals surface area contributed by atoms with Gasteiger partial charge in [0.25, 0.3) is 0 Å². The van der Waals surface area contributed by atoms with Gasteiger partial charge in [-0.25, -0.2) is 4.79 Å². The highest BCUT2D eigenvalue weighted by Gasteiger charge is 2.50. The van der Waals surface area contributed by atoms with E-state index in [0.29, 0.717) is 5.54 Å². The molecule has 4 aliphatic rings. The van der Waals surface area contributed by atoms with Gasteiger partial charge in [-0.15, -0.1) is 0 Å². The summed E-state index contributed by atoms with van der Waals surface area (Å²) in [5, 5.41) is 3.51. The first-order valence-corrected chi connectivity index (χ1v) is 6.71. The quantitative estimate of drug-likeness (QED) is 0.602. The molecule has 0 heterocycles. The van der Waals surface area contributed by atoms with Crippen LogP contribution in [0, 0.1) is 17.8 Å². The predicted molar refractivity (Wildman–Crippen MR) is 65.2 cm³/mol. The van der Waals surface area contributed by atoms with E-state index in [1.807, 2.05) is 0 Å². The molecular formula is C14H21NO2. The van der Waals surface area contributed by atoms with E-state index < -0.39 is 0 Å². The van der Waals surface area contributed by atoms with Crippen LogP contribution in [0.4, 0.5) is 0 Å². The van der Waals surface area contributed by atoms with Crippen LogP contribution in [-0.4, -0.2) is 18.6 Å². The minimum Gasteiger partial charge on any atom is -0.466 e. The smallest absolute Gasteiger partial charge is 0.331 e. The summed E-state index contributed by atoms with van der Waals surface area (Å²) in [5.41, 5.74) is 0.291. The maximum Gasteiger partial charge on any atom is 0.331 e. The van der Waals surface area contributed by atoms with E-state index in [9.17, 15) is 4.79 Å². The highest BCUT2D eigenvalue weighted by molar-refractivity contribution is 5.81. The summed E-state index contributed by atoms with van der Waals surface area (Å²) in [7, 11) is 1.41. The second kappa shape index (κ2) is 4.04. The fourth-order valence-corrected chi connectivity index (χ4v) is 4.64. The average Bonchev–Trinajstić information content (AvgIpc) is 2.26. The zero-order chi connectivity index (χ0) is 11.9. The molecule has 0 radical (unpaired) electrons. The van der Waals surface area contributed by atoms with E-state index in [0.717, 1.165) is 17.8 Å². The Morgan fingerprint density at radius 1 is 1.18 bits per heavy atom. The van der Waals surface area contributed by atoms with Gasteiger partial charge < -0.3 is 10.1 Å². The lowest BCUT2D eigenvalue weighted by Gasteiger charge is -2.56. The number of esters is 1. The van der Waals surface area contributed by atoms with Gasteiger partial charge in [0.1, 0.15) is 0 Å². The molecule has 0 saturated heterocycles. The fraction of sp³-hybridized carbons (Fsp3) is 0.786. The molecule has 4 rings (SSSR count). The van der Waals surface area contributed by atoms with Gasteiger partial charge in [0.05, 0.1) is 7.11 Å². The molecule has 0 aromatic carbocycles. The largest absolute Gasteiger partial charge is 0.466 e. The summed E-state index contributed by atoms with van der Waals surface area (Å²) in [6, 6.07) is 0. The Morgan fingerprint density at radius 2 is 1.71 bits per heavy atom. The third-order valence-electron chi connectivity index (χ3n) is 4.85. The number of hydrogen-bond donors (Lipinski definition) is 1. The Labute approximate surface area is 103 Å². The Hall–Kier alpha value is -0.990. The van der Waals surface area contributed by atoms with Crippen molar-refractivity contribution in [1.82, 2.24) is 5.32 Å². The predicted octanol–water partition coefficient (Wildman–Crippen LogP) is 2.23. The number of ether oxygens (including phenoxy) is 1. The molecule has 4 fully saturated rings. The maximum atomic E-state index is 11.0. The van der Waals surface area contributed by atoms with Crippen molar-refractivity contribution in [2.75, 3.05) is 7.11 Å². The van der Waals surface area contributed by atoms with Crippen molar-refractivity contribution in [1.29, 1.82) is 0 Å². The van der Waals surface area contributed by atoms with Crippen LogP contribution < -0.4 is 5.32 Å². The first-order valence-electron chi connectivity index (χ1n) is 6.71. The van der Waals surface area contributed by atoms with E-state index in [1.54, 1.807) is 6.20 Å². The van der Waals surface area contributed by atoms with Crippen LogP contribution >= 0.6 is 0 Å². The molecule has 0 aromatic heterocycles. The van der Waals surface area contributed by atoms with E-state index >= 15 is 0 Å². The van der Waals surface area contributed by atoms with Crippen LogP contribution in [0.25, 0.3) is 0 Å². The maximum absolute atomic E-state index is 11.0. The minimum atomic E-state index is -0.276. The van der Waals surface area contributed by atoms with Crippen molar-refractivity contribution in [3.63, 3.8) is 0 Å². The second-order valence-corrected chi connectivity index (χ2v) is 6.20. The van der Waals surface area contributed by atoms with Crippen LogP contribution in [0.1, 0.15) is 38.5 Å². The molecule has 0 unspecified atom stereocenters. The first-order chi connectivity index (χ1) is 8.19. The highest BCUT2D eigenvalue weighted by atomic mass is 16.5. The summed E-state index contributed by atoms with van der Waals surface area (Å²) >= 11 is 0. The molecule has 4 bridgehead atoms. The monoisotopic (exact) mass is 235 g/mol. The summed E-state index contributed by atoms with van der Waals surface area (Å²) in [4.78, 5) is 11.0. The lowest BCUT2D eigenvalue weighted by Crippen LogP contribution is -2.56. The van der Waals surface area contributed by atoms with Crippen molar-refractivity contribution in [3.8, 4) is 0 Å². The van der Waals surface area contributed by atoms with Crippen LogP contribution in [-0.2, 0) is 9.53 Å². The minimum absolute atomic E-state index is 0.276. The Morgan fingerprint density at radius 3 is 2.18 bits per heavy atom. The molecule has 4 aliphatic carbocycles. The van der Waals surface area contributed by atoms with Crippen LogP contribution in [0.5, 0.6) is 0 Å². The van der Waals surface area contributed by atoms with Gasteiger partial charge in [0.15, 0.2) is 0 Å². The van der Waals surface area contributed by atoms with Crippen LogP contribution in [0.3, 0.4) is 0 Å². The third kappa shape index (κ3) is 2.07. The second-order valence-electron chi connectivity index (χ2n) is 6.20. The molecule has 94 valence electrons. The van der Waals surface area contributed by atoms with Gasteiger partial charge in [0, 0.05) is 17.8 Å². The van der Waals surface area contributed by atoms with Gasteiger partial charge in [-0.3, -0.25) is 0 Å². The number of nitrogens with one attached hydrogen (secondary N) is 1. The van der Waals surface area contributed by atoms with Crippen molar-refractivity contribution in [3.05, 3.63) is 12.3 Å². The molecule has 0 spiro atoms. The lowest BCUT2D eigenvalue weighted by molar-refractivity contribution is -0.134. The molecular weight excluding hydrogens is 214 g/mol. The van der Waals surface area contributed by atoms with Gasteiger partial charge in [-0.2, -0.15) is 0 Å². The third-order valence-corrected chi connectivity index (χ3v) is 4.85. The van der Waals surface area contributed by atoms with Crippen molar-refractivity contribution in [2.45, 2.75) is 44.1 Å². The van der Waals surface area contributed by atoms with Gasteiger partial charge in [-0.05, 0) is 56.3 Å². The van der Waals surface area contributed by atoms with E-state index in [4.69, 9.17) is 0 Å². The molecule has 0 aliphatic heterocycles. The molecule has 4 saturated carbocycles. The number of hydrogen-bond acceptors (Lipinski definition) is 3. The number of carbonyl (C=O) groups is 1. The zero-order valence-corrected chi connectivity index (χ0v) is 10.4. The van der Waals surface area contributed by atoms with E-state index in [1.165, 1.54) is 51.7 Å². The van der Waals surface area contributed by atoms with Crippen LogP contribution in [0.15, 0.2) is 12.3 Å². The van der Waals surface area contributed by atoms with Crippen molar-refractivity contribution in [2.24, 2.45) is 17.8 Å². The Balaban J connectivity index is 1.66. The standard InChI is InChI=1S/C14H21NO2/c1-17-13(16)2-3-15-14-7-10-4-11(8-14)6-12(5-10)9-14/h2-3,10-12,15H,4-9H2,1H3/b3-2+. The normalized spacial score (nSPS) is 43.0. The number of carbonyl (C=O) groups excluding carboxylic acids is 1. The molecule has 3 nitrogen and oxygen atoms in total. The Bertz CT molecular complexity index is 313. The summed E-state index contributed by atoms with van der Waals surface area (Å²) in [5.74, 6) is 2.52. The first kappa shape index (κ1) is 11.1. The van der Waals surface area contributed by atoms with E-state index in [-0.39, 0.29) is 5.97 Å². The SMILES string of the molecule is COC(=O)/C=C/NC12CC3CC(CC(C3)C1)C2. The molecule has 0 atom stereocenters. The summed E-state index contributed by atoms with van der Waals surface area (Å²) in [6.07, 6.45) is 11.5. The summed E-state index contributed by atoms with van der Waals surface area (Å²) < 4.78 is 4.61. The van der Waals surface area contributed by atoms with Gasteiger partial charge in [0.2, 0.25) is 0 Å². The van der Waals surface area contributed by atoms with Gasteiger partial charge >= 0.3 is 5.97 Å². The van der Waals surface area contributed by atoms with Crippen molar-refractivity contribution < 1.29 is 9.53 Å². The number of methoxy groups -OCH3 is 1. The zero-order valence-electron chi connectivity index (χ0n) is 10.4. The Kier molecular flexibility index (Phi) is 2.64. The fourth-order valence-electron chi connectivity index (χ4n) is 4.64. The topological polar surface area (TPSA) is 38.3 Å². The molecule has 17 heavy (non-hydrogen) atoms. The highest BCUT2D eigenvalue weighted by Crippen LogP contribution is 2.55. The summed E-state index contributed by atoms with van der Waals surface area (Å²) in [6.45, 7) is 0. The van der Waals surface area contributed by atoms with Crippen LogP contribution in [0.2, 0.25) is 0 Å².